The first-order chi connectivity index (χ1) is 9.54. The monoisotopic (exact) mass is 283 g/mol. The van der Waals surface area contributed by atoms with Crippen molar-refractivity contribution in [3.63, 3.8) is 0 Å². The Morgan fingerprint density at radius 1 is 1.20 bits per heavy atom. The molecule has 0 aromatic carbocycles. The van der Waals surface area contributed by atoms with Crippen LogP contribution in [0.2, 0.25) is 0 Å². The molecular formula is C12H17N3O5. The molecule has 0 unspecified atom stereocenters. The number of hydrogen-bond acceptors (Lipinski definition) is 5. The Morgan fingerprint density at radius 2 is 1.85 bits per heavy atom. The van der Waals surface area contributed by atoms with Crippen LogP contribution >= 0.6 is 0 Å². The van der Waals surface area contributed by atoms with Crippen molar-refractivity contribution >= 4 is 23.6 Å². The van der Waals surface area contributed by atoms with Crippen LogP contribution in [0, 0.1) is 0 Å². The Labute approximate surface area is 116 Å². The van der Waals surface area contributed by atoms with Crippen molar-refractivity contribution in [2.24, 2.45) is 0 Å². The summed E-state index contributed by atoms with van der Waals surface area (Å²) in [5.41, 5.74) is 0. The van der Waals surface area contributed by atoms with Crippen LogP contribution in [0.4, 0.5) is 0 Å². The molecule has 0 aliphatic carbocycles. The van der Waals surface area contributed by atoms with E-state index in [1.165, 1.54) is 19.2 Å². The molecule has 0 saturated heterocycles. The van der Waals surface area contributed by atoms with Crippen LogP contribution in [0.25, 0.3) is 0 Å². The first kappa shape index (κ1) is 15.8. The lowest BCUT2D eigenvalue weighted by molar-refractivity contribution is -0.137. The van der Waals surface area contributed by atoms with Gasteiger partial charge in [0.05, 0.1) is 6.61 Å². The average molecular weight is 283 g/mol. The predicted molar refractivity (Wildman–Crippen MR) is 68.4 cm³/mol. The van der Waals surface area contributed by atoms with Crippen molar-refractivity contribution < 1.29 is 23.9 Å². The highest BCUT2D eigenvalue weighted by Crippen LogP contribution is 2.03. The van der Waals surface area contributed by atoms with Gasteiger partial charge in [0.15, 0.2) is 0 Å². The summed E-state index contributed by atoms with van der Waals surface area (Å²) in [4.78, 5) is 45.7. The lowest BCUT2D eigenvalue weighted by Crippen LogP contribution is -2.35. The molecule has 1 aliphatic heterocycles. The third-order valence-corrected chi connectivity index (χ3v) is 2.54. The molecule has 0 radical (unpaired) electrons. The molecule has 20 heavy (non-hydrogen) atoms. The SMILES string of the molecule is CNC(=O)COCCNC(=O)CCN1C(=O)C=CC1=O. The van der Waals surface area contributed by atoms with Crippen LogP contribution < -0.4 is 10.6 Å². The molecule has 0 fully saturated rings. The molecule has 8 heteroatoms. The summed E-state index contributed by atoms with van der Waals surface area (Å²) in [6.45, 7) is 0.461. The summed E-state index contributed by atoms with van der Waals surface area (Å²) in [6, 6.07) is 0. The molecule has 0 spiro atoms. The summed E-state index contributed by atoms with van der Waals surface area (Å²) in [7, 11) is 1.50. The van der Waals surface area contributed by atoms with Crippen LogP contribution in [0.3, 0.4) is 0 Å². The maximum absolute atomic E-state index is 11.5. The zero-order chi connectivity index (χ0) is 15.0. The number of ether oxygens (including phenoxy) is 1. The molecule has 0 aromatic heterocycles. The zero-order valence-corrected chi connectivity index (χ0v) is 11.2. The highest BCUT2D eigenvalue weighted by atomic mass is 16.5. The fraction of sp³-hybridized carbons (Fsp3) is 0.500. The van der Waals surface area contributed by atoms with Crippen LogP contribution in [0.1, 0.15) is 6.42 Å². The minimum atomic E-state index is -0.406. The molecule has 0 atom stereocenters. The second-order valence-electron chi connectivity index (χ2n) is 3.99. The van der Waals surface area contributed by atoms with Crippen molar-refractivity contribution in [1.29, 1.82) is 0 Å². The van der Waals surface area contributed by atoms with Gasteiger partial charge in [-0.25, -0.2) is 0 Å². The quantitative estimate of drug-likeness (QED) is 0.403. The van der Waals surface area contributed by atoms with Crippen LogP contribution in [-0.2, 0) is 23.9 Å². The molecule has 1 aliphatic rings. The number of amides is 4. The molecule has 1 rings (SSSR count). The zero-order valence-electron chi connectivity index (χ0n) is 11.2. The number of hydrogen-bond donors (Lipinski definition) is 2. The maximum atomic E-state index is 11.5. The number of nitrogens with zero attached hydrogens (tertiary/aromatic N) is 1. The van der Waals surface area contributed by atoms with Crippen molar-refractivity contribution in [3.05, 3.63) is 12.2 Å². The van der Waals surface area contributed by atoms with E-state index in [-0.39, 0.29) is 44.5 Å². The molecule has 110 valence electrons. The van der Waals surface area contributed by atoms with E-state index >= 15 is 0 Å². The minimum absolute atomic E-state index is 0.0363. The topological polar surface area (TPSA) is 105 Å². The number of likely N-dealkylation sites (N-methyl/N-ethyl adjacent to an activating group) is 1. The van der Waals surface area contributed by atoms with E-state index in [0.717, 1.165) is 4.90 Å². The van der Waals surface area contributed by atoms with E-state index < -0.39 is 11.8 Å². The van der Waals surface area contributed by atoms with Crippen LogP contribution in [0.15, 0.2) is 12.2 Å². The van der Waals surface area contributed by atoms with Crippen molar-refractivity contribution in [3.8, 4) is 0 Å². The van der Waals surface area contributed by atoms with Crippen LogP contribution in [0.5, 0.6) is 0 Å². The van der Waals surface area contributed by atoms with E-state index in [1.54, 1.807) is 0 Å². The number of carbonyl (C=O) groups is 4. The highest BCUT2D eigenvalue weighted by Gasteiger charge is 2.23. The van der Waals surface area contributed by atoms with Gasteiger partial charge in [-0.15, -0.1) is 0 Å². The van der Waals surface area contributed by atoms with Gasteiger partial charge in [0.25, 0.3) is 11.8 Å². The Hall–Kier alpha value is -2.22. The first-order valence-corrected chi connectivity index (χ1v) is 6.13. The molecule has 4 amide bonds. The molecular weight excluding hydrogens is 266 g/mol. The fourth-order valence-corrected chi connectivity index (χ4v) is 1.45. The molecule has 1 heterocycles. The molecule has 0 aromatic rings. The van der Waals surface area contributed by atoms with Gasteiger partial charge in [-0.3, -0.25) is 24.1 Å². The van der Waals surface area contributed by atoms with Gasteiger partial charge >= 0.3 is 0 Å². The van der Waals surface area contributed by atoms with Gasteiger partial charge in [-0.05, 0) is 0 Å². The number of imide groups is 1. The van der Waals surface area contributed by atoms with E-state index in [9.17, 15) is 19.2 Å². The summed E-state index contributed by atoms with van der Waals surface area (Å²) in [6.07, 6.45) is 2.38. The summed E-state index contributed by atoms with van der Waals surface area (Å²) < 4.78 is 4.99. The van der Waals surface area contributed by atoms with Crippen molar-refractivity contribution in [2.75, 3.05) is 33.4 Å². The van der Waals surface area contributed by atoms with Gasteiger partial charge in [-0.1, -0.05) is 0 Å². The Morgan fingerprint density at radius 3 is 2.45 bits per heavy atom. The lowest BCUT2D eigenvalue weighted by Gasteiger charge is -2.13. The maximum Gasteiger partial charge on any atom is 0.253 e. The summed E-state index contributed by atoms with van der Waals surface area (Å²) >= 11 is 0. The summed E-state index contributed by atoms with van der Waals surface area (Å²) in [5.74, 6) is -1.34. The second-order valence-corrected chi connectivity index (χ2v) is 3.99. The molecule has 8 nitrogen and oxygen atoms in total. The molecule has 0 saturated carbocycles. The number of nitrogens with one attached hydrogen (secondary N) is 2. The lowest BCUT2D eigenvalue weighted by atomic mass is 10.3. The highest BCUT2D eigenvalue weighted by molar-refractivity contribution is 6.13. The second kappa shape index (κ2) is 8.05. The minimum Gasteiger partial charge on any atom is -0.370 e. The van der Waals surface area contributed by atoms with Gasteiger partial charge in [0.2, 0.25) is 11.8 Å². The van der Waals surface area contributed by atoms with E-state index in [1.807, 2.05) is 0 Å². The van der Waals surface area contributed by atoms with Crippen molar-refractivity contribution in [1.82, 2.24) is 15.5 Å². The largest absolute Gasteiger partial charge is 0.370 e. The predicted octanol–water partition coefficient (Wildman–Crippen LogP) is -1.82. The Kier molecular flexibility index (Phi) is 6.38. The van der Waals surface area contributed by atoms with Crippen molar-refractivity contribution in [2.45, 2.75) is 6.42 Å². The van der Waals surface area contributed by atoms with Gasteiger partial charge in [0, 0.05) is 38.7 Å². The van der Waals surface area contributed by atoms with Gasteiger partial charge in [-0.2, -0.15) is 0 Å². The smallest absolute Gasteiger partial charge is 0.253 e. The summed E-state index contributed by atoms with van der Waals surface area (Å²) in [5, 5.41) is 4.96. The van der Waals surface area contributed by atoms with Gasteiger partial charge < -0.3 is 15.4 Å². The molecule has 2 N–H and O–H groups in total. The van der Waals surface area contributed by atoms with Gasteiger partial charge in [0.1, 0.15) is 6.61 Å². The Balaban J connectivity index is 2.08. The van der Waals surface area contributed by atoms with E-state index in [4.69, 9.17) is 4.74 Å². The van der Waals surface area contributed by atoms with E-state index in [2.05, 4.69) is 10.6 Å². The normalized spacial score (nSPS) is 13.8. The standard InChI is InChI=1S/C12H17N3O5/c1-13-10(17)8-20-7-5-14-9(16)4-6-15-11(18)2-3-12(15)19/h2-3H,4-8H2,1H3,(H,13,17)(H,14,16). The van der Waals surface area contributed by atoms with E-state index in [0.29, 0.717) is 0 Å². The average Bonchev–Trinajstić information content (AvgIpc) is 2.75. The third kappa shape index (κ3) is 5.19. The molecule has 0 bridgehead atoms. The third-order valence-electron chi connectivity index (χ3n) is 2.54. The first-order valence-electron chi connectivity index (χ1n) is 6.13. The van der Waals surface area contributed by atoms with Crippen LogP contribution in [-0.4, -0.2) is 61.9 Å². The number of carbonyl (C=O) groups excluding carboxylic acids is 4. The number of rotatable bonds is 8. The Bertz CT molecular complexity index is 415. The fourth-order valence-electron chi connectivity index (χ4n) is 1.45.